The minimum Gasteiger partial charge on any atom is -0.466 e. The Kier molecular flexibility index (Phi) is 8.45. The highest BCUT2D eigenvalue weighted by Gasteiger charge is 2.44. The van der Waals surface area contributed by atoms with Crippen molar-refractivity contribution in [1.29, 1.82) is 0 Å². The number of carbonyl (C=O) groups excluding carboxylic acids is 3. The van der Waals surface area contributed by atoms with E-state index in [9.17, 15) is 22.8 Å². The third kappa shape index (κ3) is 5.94. The highest BCUT2D eigenvalue weighted by Crippen LogP contribution is 2.31. The first-order valence-electron chi connectivity index (χ1n) is 12.5. The predicted octanol–water partition coefficient (Wildman–Crippen LogP) is 2.16. The van der Waals surface area contributed by atoms with Crippen LogP contribution < -0.4 is 0 Å². The number of esters is 1. The average molecular weight is 548 g/mol. The molecule has 2 heterocycles. The molecule has 11 heteroatoms. The SMILES string of the molecule is CCOC(=O)C1CCN(C(=O)CN(C)C(=O)C2CC(S)CN2S(=O)(=O)c2ccc3ccccc3c2)CC1. The van der Waals surface area contributed by atoms with Crippen LogP contribution in [0.2, 0.25) is 0 Å². The maximum atomic E-state index is 13.6. The van der Waals surface area contributed by atoms with Gasteiger partial charge in [-0.2, -0.15) is 16.9 Å². The van der Waals surface area contributed by atoms with Crippen LogP contribution >= 0.6 is 12.6 Å². The summed E-state index contributed by atoms with van der Waals surface area (Å²) in [5, 5.41) is 1.42. The Morgan fingerprint density at radius 2 is 1.76 bits per heavy atom. The zero-order valence-corrected chi connectivity index (χ0v) is 22.8. The summed E-state index contributed by atoms with van der Waals surface area (Å²) in [6.45, 7) is 2.85. The van der Waals surface area contributed by atoms with Gasteiger partial charge in [0.25, 0.3) is 0 Å². The van der Waals surface area contributed by atoms with E-state index in [1.54, 1.807) is 30.0 Å². The number of thiol groups is 1. The molecular formula is C26H33N3O6S2. The lowest BCUT2D eigenvalue weighted by Gasteiger charge is -2.33. The molecule has 0 radical (unpaired) electrons. The van der Waals surface area contributed by atoms with Gasteiger partial charge in [0, 0.05) is 31.9 Å². The second-order valence-corrected chi connectivity index (χ2v) is 12.2. The molecule has 2 fully saturated rings. The molecule has 2 aliphatic rings. The van der Waals surface area contributed by atoms with E-state index in [0.717, 1.165) is 10.8 Å². The van der Waals surface area contributed by atoms with Crippen molar-refractivity contribution < 1.29 is 27.5 Å². The number of benzene rings is 2. The summed E-state index contributed by atoms with van der Waals surface area (Å²) in [5.41, 5.74) is 0. The van der Waals surface area contributed by atoms with Crippen molar-refractivity contribution in [2.45, 2.75) is 42.4 Å². The molecule has 9 nitrogen and oxygen atoms in total. The van der Waals surface area contributed by atoms with E-state index in [0.29, 0.717) is 32.5 Å². The van der Waals surface area contributed by atoms with E-state index >= 15 is 0 Å². The van der Waals surface area contributed by atoms with Gasteiger partial charge < -0.3 is 14.5 Å². The molecule has 2 aliphatic heterocycles. The van der Waals surface area contributed by atoms with Gasteiger partial charge >= 0.3 is 5.97 Å². The Balaban J connectivity index is 1.42. The molecule has 2 saturated heterocycles. The van der Waals surface area contributed by atoms with E-state index in [-0.39, 0.29) is 47.5 Å². The highest BCUT2D eigenvalue weighted by atomic mass is 32.2. The molecule has 2 atom stereocenters. The number of amides is 2. The van der Waals surface area contributed by atoms with Gasteiger partial charge in [-0.1, -0.05) is 30.3 Å². The first-order valence-corrected chi connectivity index (χ1v) is 14.5. The lowest BCUT2D eigenvalue weighted by atomic mass is 9.97. The van der Waals surface area contributed by atoms with Crippen molar-refractivity contribution >= 4 is 51.2 Å². The maximum absolute atomic E-state index is 13.6. The smallest absolute Gasteiger partial charge is 0.309 e. The summed E-state index contributed by atoms with van der Waals surface area (Å²) in [7, 11) is -2.45. The Bertz CT molecular complexity index is 1280. The fraction of sp³-hybridized carbons (Fsp3) is 0.500. The number of likely N-dealkylation sites (N-methyl/N-ethyl adjacent to an activating group) is 1. The lowest BCUT2D eigenvalue weighted by Crippen LogP contribution is -2.50. The van der Waals surface area contributed by atoms with Crippen LogP contribution in [0.4, 0.5) is 0 Å². The van der Waals surface area contributed by atoms with E-state index < -0.39 is 22.0 Å². The van der Waals surface area contributed by atoms with Gasteiger partial charge in [-0.25, -0.2) is 8.42 Å². The summed E-state index contributed by atoms with van der Waals surface area (Å²) < 4.78 is 33.4. The average Bonchev–Trinajstić information content (AvgIpc) is 3.30. The van der Waals surface area contributed by atoms with Crippen LogP contribution in [0.3, 0.4) is 0 Å². The number of hydrogen-bond acceptors (Lipinski definition) is 7. The molecule has 0 N–H and O–H groups in total. The maximum Gasteiger partial charge on any atom is 0.309 e. The second-order valence-electron chi connectivity index (χ2n) is 9.59. The van der Waals surface area contributed by atoms with Gasteiger partial charge in [-0.3, -0.25) is 14.4 Å². The van der Waals surface area contributed by atoms with Crippen molar-refractivity contribution in [1.82, 2.24) is 14.1 Å². The monoisotopic (exact) mass is 547 g/mol. The molecule has 4 rings (SSSR count). The molecular weight excluding hydrogens is 514 g/mol. The van der Waals surface area contributed by atoms with E-state index in [1.165, 1.54) is 16.3 Å². The van der Waals surface area contributed by atoms with Crippen molar-refractivity contribution in [3.63, 3.8) is 0 Å². The summed E-state index contributed by atoms with van der Waals surface area (Å²) in [6, 6.07) is 11.5. The van der Waals surface area contributed by atoms with Gasteiger partial charge in [-0.15, -0.1) is 0 Å². The first kappa shape index (κ1) is 27.4. The van der Waals surface area contributed by atoms with Crippen LogP contribution in [0.1, 0.15) is 26.2 Å². The third-order valence-electron chi connectivity index (χ3n) is 7.06. The molecule has 0 aromatic heterocycles. The van der Waals surface area contributed by atoms with Crippen LogP contribution in [-0.2, 0) is 29.1 Å². The molecule has 2 aromatic rings. The van der Waals surface area contributed by atoms with Gasteiger partial charge in [0.1, 0.15) is 6.04 Å². The third-order valence-corrected chi connectivity index (χ3v) is 9.31. The van der Waals surface area contributed by atoms with Gasteiger partial charge in [0.05, 0.1) is 24.0 Å². The summed E-state index contributed by atoms with van der Waals surface area (Å²) >= 11 is 4.48. The van der Waals surface area contributed by atoms with Crippen LogP contribution in [0, 0.1) is 5.92 Å². The zero-order valence-electron chi connectivity index (χ0n) is 21.1. The predicted molar refractivity (Wildman–Crippen MR) is 143 cm³/mol. The Hall–Kier alpha value is -2.63. The molecule has 2 amide bonds. The molecule has 37 heavy (non-hydrogen) atoms. The lowest BCUT2D eigenvalue weighted by molar-refractivity contribution is -0.151. The zero-order chi connectivity index (χ0) is 26.7. The highest BCUT2D eigenvalue weighted by molar-refractivity contribution is 7.89. The topological polar surface area (TPSA) is 104 Å². The van der Waals surface area contributed by atoms with Gasteiger partial charge in [0.2, 0.25) is 21.8 Å². The number of fused-ring (bicyclic) bond motifs is 1. The molecule has 2 unspecified atom stereocenters. The van der Waals surface area contributed by atoms with Crippen molar-refractivity contribution in [2.24, 2.45) is 5.92 Å². The number of sulfonamides is 1. The number of rotatable bonds is 7. The summed E-state index contributed by atoms with van der Waals surface area (Å²) in [4.78, 5) is 41.3. The molecule has 0 saturated carbocycles. The summed E-state index contributed by atoms with van der Waals surface area (Å²) in [5.74, 6) is -1.13. The minimum atomic E-state index is -3.96. The Morgan fingerprint density at radius 1 is 1.08 bits per heavy atom. The fourth-order valence-corrected chi connectivity index (χ4v) is 7.16. The second kappa shape index (κ2) is 11.4. The molecule has 2 aromatic carbocycles. The summed E-state index contributed by atoms with van der Waals surface area (Å²) in [6.07, 6.45) is 1.30. The molecule has 200 valence electrons. The number of carbonyl (C=O) groups is 3. The minimum absolute atomic E-state index is 0.109. The van der Waals surface area contributed by atoms with Gasteiger partial charge in [-0.05, 0) is 49.1 Å². The van der Waals surface area contributed by atoms with Crippen LogP contribution in [0.25, 0.3) is 10.8 Å². The largest absolute Gasteiger partial charge is 0.466 e. The van der Waals surface area contributed by atoms with Crippen LogP contribution in [-0.4, -0.2) is 91.4 Å². The molecule has 0 bridgehead atoms. The van der Waals surface area contributed by atoms with Gasteiger partial charge in [0.15, 0.2) is 0 Å². The van der Waals surface area contributed by atoms with Crippen LogP contribution in [0.15, 0.2) is 47.4 Å². The first-order chi connectivity index (χ1) is 17.6. The molecule has 0 spiro atoms. The normalized spacial score (nSPS) is 21.2. The van der Waals surface area contributed by atoms with Crippen molar-refractivity contribution in [3.8, 4) is 0 Å². The quantitative estimate of drug-likeness (QED) is 0.421. The number of likely N-dealkylation sites (tertiary alicyclic amines) is 1. The van der Waals surface area contributed by atoms with E-state index in [4.69, 9.17) is 4.74 Å². The standard InChI is InChI=1S/C26H33N3O6S2/c1-3-35-26(32)19-10-12-28(13-11-19)24(30)17-27(2)25(31)23-15-21(36)16-29(23)37(33,34)22-9-8-18-6-4-5-7-20(18)14-22/h4-9,14,19,21,23,36H,3,10-13,15-17H2,1-2H3. The molecule has 0 aliphatic carbocycles. The Morgan fingerprint density at radius 3 is 2.43 bits per heavy atom. The number of hydrogen-bond donors (Lipinski definition) is 1. The van der Waals surface area contributed by atoms with Crippen molar-refractivity contribution in [2.75, 3.05) is 39.8 Å². The number of nitrogens with zero attached hydrogens (tertiary/aromatic N) is 3. The number of ether oxygens (including phenoxy) is 1. The number of piperidine rings is 1. The Labute approximate surface area is 223 Å². The van der Waals surface area contributed by atoms with E-state index in [2.05, 4.69) is 12.6 Å². The van der Waals surface area contributed by atoms with E-state index in [1.807, 2.05) is 24.3 Å². The van der Waals surface area contributed by atoms with Crippen molar-refractivity contribution in [3.05, 3.63) is 42.5 Å². The fourth-order valence-electron chi connectivity index (χ4n) is 5.00. The van der Waals surface area contributed by atoms with Crippen LogP contribution in [0.5, 0.6) is 0 Å².